The molecule has 2 aliphatic rings. The summed E-state index contributed by atoms with van der Waals surface area (Å²) in [6.07, 6.45) is 3.68. The average Bonchev–Trinajstić information content (AvgIpc) is 3.36. The molecule has 1 N–H and O–H groups in total. The number of benzene rings is 1. The summed E-state index contributed by atoms with van der Waals surface area (Å²) in [5.41, 5.74) is 1.30. The van der Waals surface area contributed by atoms with Crippen LogP contribution in [0.3, 0.4) is 0 Å². The van der Waals surface area contributed by atoms with Gasteiger partial charge in [-0.25, -0.2) is 0 Å². The van der Waals surface area contributed by atoms with Gasteiger partial charge in [-0.2, -0.15) is 0 Å². The molecule has 0 unspecified atom stereocenters. The number of furan rings is 1. The monoisotopic (exact) mass is 425 g/mol. The molecule has 0 radical (unpaired) electrons. The zero-order chi connectivity index (χ0) is 21.1. The summed E-state index contributed by atoms with van der Waals surface area (Å²) in [5, 5.41) is 3.58. The lowest BCUT2D eigenvalue weighted by atomic mass is 10.2. The van der Waals surface area contributed by atoms with Crippen LogP contribution in [0.2, 0.25) is 0 Å². The van der Waals surface area contributed by atoms with E-state index in [4.69, 9.17) is 14.1 Å². The zero-order valence-electron chi connectivity index (χ0n) is 18.4. The van der Waals surface area contributed by atoms with Gasteiger partial charge >= 0.3 is 0 Å². The van der Waals surface area contributed by atoms with E-state index in [0.717, 1.165) is 96.7 Å². The molecule has 2 aliphatic heterocycles. The van der Waals surface area contributed by atoms with E-state index in [9.17, 15) is 0 Å². The fourth-order valence-corrected chi connectivity index (χ4v) is 4.14. The molecule has 7 heteroatoms. The van der Waals surface area contributed by atoms with Crippen LogP contribution in [-0.2, 0) is 11.2 Å². The van der Waals surface area contributed by atoms with Gasteiger partial charge in [-0.05, 0) is 30.7 Å². The Morgan fingerprint density at radius 3 is 2.48 bits per heavy atom. The fraction of sp³-hybridized carbons (Fsp3) is 0.542. The number of anilines is 1. The Labute approximate surface area is 185 Å². The van der Waals surface area contributed by atoms with Crippen LogP contribution in [0.1, 0.15) is 12.2 Å². The number of rotatable bonds is 8. The van der Waals surface area contributed by atoms with Gasteiger partial charge in [-0.1, -0.05) is 18.2 Å². The molecule has 0 spiro atoms. The standard InChI is InChI=1S/C24H35N5O2/c1-2-6-22(7-3-1)28-13-15-29(16-14-28)24(26-11-9-23-8-4-19-31-23)25-10-5-12-27-17-20-30-21-18-27/h1-4,6-8,19H,5,9-18,20-21H2,(H,25,26). The van der Waals surface area contributed by atoms with E-state index >= 15 is 0 Å². The first-order valence-corrected chi connectivity index (χ1v) is 11.5. The summed E-state index contributed by atoms with van der Waals surface area (Å²) >= 11 is 0. The number of piperazine rings is 1. The number of nitrogens with one attached hydrogen (secondary N) is 1. The maximum absolute atomic E-state index is 5.47. The Balaban J connectivity index is 1.29. The van der Waals surface area contributed by atoms with Crippen molar-refractivity contribution in [2.45, 2.75) is 12.8 Å². The first kappa shape index (κ1) is 21.7. The summed E-state index contributed by atoms with van der Waals surface area (Å²) in [5.74, 6) is 2.04. The van der Waals surface area contributed by atoms with E-state index in [-0.39, 0.29) is 0 Å². The van der Waals surface area contributed by atoms with Crippen molar-refractivity contribution >= 4 is 11.6 Å². The summed E-state index contributed by atoms with van der Waals surface area (Å²) in [6.45, 7) is 10.5. The van der Waals surface area contributed by atoms with Crippen molar-refractivity contribution in [1.82, 2.24) is 15.1 Å². The summed E-state index contributed by atoms with van der Waals surface area (Å²) < 4.78 is 10.9. The SMILES string of the molecule is c1ccc(N2CCN(C(=NCCCN3CCOCC3)NCCc3ccco3)CC2)cc1. The lowest BCUT2D eigenvalue weighted by Gasteiger charge is -2.37. The molecule has 0 bridgehead atoms. The van der Waals surface area contributed by atoms with Crippen molar-refractivity contribution in [3.05, 3.63) is 54.5 Å². The van der Waals surface area contributed by atoms with E-state index in [1.807, 2.05) is 12.1 Å². The number of aliphatic imine (C=N–C) groups is 1. The number of hydrogen-bond donors (Lipinski definition) is 1. The third-order valence-corrected chi connectivity index (χ3v) is 5.93. The smallest absolute Gasteiger partial charge is 0.194 e. The van der Waals surface area contributed by atoms with Crippen molar-refractivity contribution in [3.8, 4) is 0 Å². The van der Waals surface area contributed by atoms with E-state index < -0.39 is 0 Å². The molecule has 0 aliphatic carbocycles. The van der Waals surface area contributed by atoms with E-state index in [1.54, 1.807) is 6.26 Å². The Bertz CT molecular complexity index is 767. The first-order chi connectivity index (χ1) is 15.4. The highest BCUT2D eigenvalue weighted by Crippen LogP contribution is 2.15. The molecule has 0 atom stereocenters. The molecule has 1 aromatic heterocycles. The predicted octanol–water partition coefficient (Wildman–Crippen LogP) is 2.31. The van der Waals surface area contributed by atoms with Crippen molar-refractivity contribution in [2.24, 2.45) is 4.99 Å². The molecule has 3 heterocycles. The molecule has 4 rings (SSSR count). The highest BCUT2D eigenvalue weighted by molar-refractivity contribution is 5.80. The van der Waals surface area contributed by atoms with Crippen LogP contribution >= 0.6 is 0 Å². The molecule has 2 fully saturated rings. The first-order valence-electron chi connectivity index (χ1n) is 11.5. The van der Waals surface area contributed by atoms with E-state index in [1.165, 1.54) is 5.69 Å². The normalized spacial score (nSPS) is 18.4. The van der Waals surface area contributed by atoms with E-state index in [0.29, 0.717) is 0 Å². The van der Waals surface area contributed by atoms with Crippen molar-refractivity contribution in [1.29, 1.82) is 0 Å². The molecule has 2 saturated heterocycles. The lowest BCUT2D eigenvalue weighted by molar-refractivity contribution is 0.0377. The second-order valence-electron chi connectivity index (χ2n) is 8.08. The maximum Gasteiger partial charge on any atom is 0.194 e. The average molecular weight is 426 g/mol. The van der Waals surface area contributed by atoms with Crippen LogP contribution in [0.4, 0.5) is 5.69 Å². The highest BCUT2D eigenvalue weighted by atomic mass is 16.5. The van der Waals surface area contributed by atoms with Crippen LogP contribution in [0.25, 0.3) is 0 Å². The number of morpholine rings is 1. The second-order valence-corrected chi connectivity index (χ2v) is 8.08. The third-order valence-electron chi connectivity index (χ3n) is 5.93. The summed E-state index contributed by atoms with van der Waals surface area (Å²) in [7, 11) is 0. The molecule has 168 valence electrons. The van der Waals surface area contributed by atoms with Crippen LogP contribution in [0.5, 0.6) is 0 Å². The minimum atomic E-state index is 0.828. The second kappa shape index (κ2) is 11.8. The maximum atomic E-state index is 5.47. The molecular formula is C24H35N5O2. The van der Waals surface area contributed by atoms with Gasteiger partial charge in [-0.3, -0.25) is 9.89 Å². The van der Waals surface area contributed by atoms with Gasteiger partial charge in [0.05, 0.1) is 19.5 Å². The van der Waals surface area contributed by atoms with Gasteiger partial charge < -0.3 is 24.3 Å². The quantitative estimate of drug-likeness (QED) is 0.398. The molecule has 0 amide bonds. The van der Waals surface area contributed by atoms with Crippen LogP contribution in [0.15, 0.2) is 58.1 Å². The van der Waals surface area contributed by atoms with Crippen LogP contribution in [0, 0.1) is 0 Å². The molecular weight excluding hydrogens is 390 g/mol. The number of para-hydroxylation sites is 1. The summed E-state index contributed by atoms with van der Waals surface area (Å²) in [6, 6.07) is 14.6. The van der Waals surface area contributed by atoms with Gasteiger partial charge in [0, 0.05) is 71.0 Å². The fourth-order valence-electron chi connectivity index (χ4n) is 4.14. The number of ether oxygens (including phenoxy) is 1. The Morgan fingerprint density at radius 1 is 0.935 bits per heavy atom. The molecule has 1 aromatic carbocycles. The number of hydrogen-bond acceptors (Lipinski definition) is 5. The largest absolute Gasteiger partial charge is 0.469 e. The van der Waals surface area contributed by atoms with Gasteiger partial charge in [0.1, 0.15) is 5.76 Å². The van der Waals surface area contributed by atoms with Crippen molar-refractivity contribution < 1.29 is 9.15 Å². The lowest BCUT2D eigenvalue weighted by Crippen LogP contribution is -2.53. The Hall–Kier alpha value is -2.51. The topological polar surface area (TPSA) is 56.5 Å². The number of nitrogens with zero attached hydrogens (tertiary/aromatic N) is 4. The van der Waals surface area contributed by atoms with Crippen molar-refractivity contribution in [3.63, 3.8) is 0 Å². The minimum absolute atomic E-state index is 0.828. The highest BCUT2D eigenvalue weighted by Gasteiger charge is 2.20. The molecule has 7 nitrogen and oxygen atoms in total. The Kier molecular flexibility index (Phi) is 8.24. The Morgan fingerprint density at radius 2 is 1.74 bits per heavy atom. The summed E-state index contributed by atoms with van der Waals surface area (Å²) in [4.78, 5) is 12.3. The zero-order valence-corrected chi connectivity index (χ0v) is 18.4. The number of guanidine groups is 1. The minimum Gasteiger partial charge on any atom is -0.469 e. The molecule has 2 aromatic rings. The molecule has 31 heavy (non-hydrogen) atoms. The van der Waals surface area contributed by atoms with Crippen LogP contribution < -0.4 is 10.2 Å². The van der Waals surface area contributed by atoms with Gasteiger partial charge in [0.2, 0.25) is 0 Å². The van der Waals surface area contributed by atoms with Gasteiger partial charge in [-0.15, -0.1) is 0 Å². The third kappa shape index (κ3) is 6.74. The van der Waals surface area contributed by atoms with Crippen LogP contribution in [-0.4, -0.2) is 87.9 Å². The predicted molar refractivity (Wildman–Crippen MR) is 125 cm³/mol. The van der Waals surface area contributed by atoms with Gasteiger partial charge in [0.15, 0.2) is 5.96 Å². The molecule has 0 saturated carbocycles. The van der Waals surface area contributed by atoms with E-state index in [2.05, 4.69) is 50.3 Å². The van der Waals surface area contributed by atoms with Gasteiger partial charge in [0.25, 0.3) is 0 Å². The van der Waals surface area contributed by atoms with Crippen molar-refractivity contribution in [2.75, 3.05) is 77.0 Å².